The third-order valence-electron chi connectivity index (χ3n) is 1.15. The average molecular weight is 185 g/mol. The summed E-state index contributed by atoms with van der Waals surface area (Å²) < 4.78 is 0. The van der Waals surface area contributed by atoms with Crippen LogP contribution >= 0.6 is 11.6 Å². The van der Waals surface area contributed by atoms with E-state index in [4.69, 9.17) is 16.7 Å². The number of aliphatic hydroxyl groups is 1. The molecular weight excluding hydrogens is 172 g/mol. The average Bonchev–Trinajstić information content (AvgIpc) is 2.06. The van der Waals surface area contributed by atoms with E-state index < -0.39 is 6.10 Å². The van der Waals surface area contributed by atoms with Crippen LogP contribution in [-0.4, -0.2) is 11.2 Å². The van der Waals surface area contributed by atoms with E-state index >= 15 is 0 Å². The topological polar surface area (TPSA) is 20.2 Å². The van der Waals surface area contributed by atoms with Gasteiger partial charge >= 0.3 is 0 Å². The van der Waals surface area contributed by atoms with Gasteiger partial charge in [0.2, 0.25) is 0 Å². The third-order valence-corrected chi connectivity index (χ3v) is 1.28. The standard InChI is InChI=1S/C10H13ClO/c1-2-3-4-7-10(12)8-5-6-9-11/h4,6-7,9-10,12H,2-3H2,1H3/b7-4+,9-6-. The van der Waals surface area contributed by atoms with Crippen LogP contribution in [0.3, 0.4) is 0 Å². The molecule has 1 atom stereocenters. The van der Waals surface area contributed by atoms with Gasteiger partial charge in [0.1, 0.15) is 6.10 Å². The molecule has 0 saturated heterocycles. The summed E-state index contributed by atoms with van der Waals surface area (Å²) in [5.74, 6) is 5.19. The molecule has 1 N–H and O–H groups in total. The molecule has 0 bridgehead atoms. The maximum atomic E-state index is 9.17. The fraction of sp³-hybridized carbons (Fsp3) is 0.400. The number of aliphatic hydroxyl groups excluding tert-OH is 1. The molecule has 0 aliphatic rings. The van der Waals surface area contributed by atoms with E-state index in [0.29, 0.717) is 0 Å². The minimum Gasteiger partial charge on any atom is -0.377 e. The molecule has 12 heavy (non-hydrogen) atoms. The second kappa shape index (κ2) is 8.39. The van der Waals surface area contributed by atoms with Crippen LogP contribution < -0.4 is 0 Å². The fourth-order valence-electron chi connectivity index (χ4n) is 0.605. The quantitative estimate of drug-likeness (QED) is 0.528. The lowest BCUT2D eigenvalue weighted by molar-refractivity contribution is 0.280. The van der Waals surface area contributed by atoms with Gasteiger partial charge in [-0.25, -0.2) is 0 Å². The van der Waals surface area contributed by atoms with Crippen molar-refractivity contribution in [3.05, 3.63) is 23.8 Å². The van der Waals surface area contributed by atoms with Crippen LogP contribution in [0.15, 0.2) is 23.8 Å². The van der Waals surface area contributed by atoms with Crippen LogP contribution in [0, 0.1) is 11.8 Å². The first-order chi connectivity index (χ1) is 5.81. The van der Waals surface area contributed by atoms with Crippen LogP contribution in [0.4, 0.5) is 0 Å². The van der Waals surface area contributed by atoms with Crippen molar-refractivity contribution in [3.63, 3.8) is 0 Å². The van der Waals surface area contributed by atoms with Crippen molar-refractivity contribution in [1.29, 1.82) is 0 Å². The van der Waals surface area contributed by atoms with Crippen molar-refractivity contribution >= 4 is 11.6 Å². The predicted octanol–water partition coefficient (Wildman–Crippen LogP) is 2.46. The van der Waals surface area contributed by atoms with Gasteiger partial charge in [0.15, 0.2) is 0 Å². The Balaban J connectivity index is 3.74. The zero-order valence-corrected chi connectivity index (χ0v) is 7.88. The van der Waals surface area contributed by atoms with E-state index in [9.17, 15) is 0 Å². The van der Waals surface area contributed by atoms with E-state index in [1.54, 1.807) is 6.08 Å². The Hall–Kier alpha value is -0.710. The molecule has 0 fully saturated rings. The number of halogens is 1. The van der Waals surface area contributed by atoms with Crippen LogP contribution in [0.2, 0.25) is 0 Å². The van der Waals surface area contributed by atoms with E-state index in [1.165, 1.54) is 11.6 Å². The van der Waals surface area contributed by atoms with Crippen molar-refractivity contribution in [2.75, 3.05) is 0 Å². The van der Waals surface area contributed by atoms with E-state index in [2.05, 4.69) is 18.8 Å². The van der Waals surface area contributed by atoms with Gasteiger partial charge in [0, 0.05) is 5.54 Å². The zero-order valence-electron chi connectivity index (χ0n) is 7.13. The lowest BCUT2D eigenvalue weighted by atomic mass is 10.2. The number of rotatable bonds is 3. The maximum absolute atomic E-state index is 9.17. The van der Waals surface area contributed by atoms with Gasteiger partial charge in [-0.3, -0.25) is 0 Å². The number of allylic oxidation sites excluding steroid dienone is 2. The first-order valence-corrected chi connectivity index (χ1v) is 4.36. The van der Waals surface area contributed by atoms with Crippen molar-refractivity contribution in [1.82, 2.24) is 0 Å². The van der Waals surface area contributed by atoms with Crippen molar-refractivity contribution in [2.45, 2.75) is 25.9 Å². The largest absolute Gasteiger partial charge is 0.377 e. The normalized spacial score (nSPS) is 13.2. The second-order valence-electron chi connectivity index (χ2n) is 2.24. The highest BCUT2D eigenvalue weighted by Crippen LogP contribution is 1.91. The van der Waals surface area contributed by atoms with Gasteiger partial charge < -0.3 is 5.11 Å². The van der Waals surface area contributed by atoms with E-state index in [-0.39, 0.29) is 0 Å². The zero-order chi connectivity index (χ0) is 9.23. The fourth-order valence-corrected chi connectivity index (χ4v) is 0.668. The Morgan fingerprint density at radius 1 is 1.58 bits per heavy atom. The number of hydrogen-bond donors (Lipinski definition) is 1. The number of hydrogen-bond acceptors (Lipinski definition) is 1. The Bertz CT molecular complexity index is 208. The Morgan fingerprint density at radius 3 is 2.92 bits per heavy atom. The summed E-state index contributed by atoms with van der Waals surface area (Å²) in [6.07, 6.45) is 6.47. The SMILES string of the molecule is CCC/C=C/C(O)C#C/C=C\Cl. The Morgan fingerprint density at radius 2 is 2.33 bits per heavy atom. The van der Waals surface area contributed by atoms with Crippen LogP contribution in [0.5, 0.6) is 0 Å². The summed E-state index contributed by atoms with van der Waals surface area (Å²) in [5.41, 5.74) is 1.31. The van der Waals surface area contributed by atoms with Crippen LogP contribution in [0.1, 0.15) is 19.8 Å². The second-order valence-corrected chi connectivity index (χ2v) is 2.49. The van der Waals surface area contributed by atoms with Gasteiger partial charge in [0.05, 0.1) is 0 Å². The first-order valence-electron chi connectivity index (χ1n) is 3.92. The summed E-state index contributed by atoms with van der Waals surface area (Å²) in [4.78, 5) is 0. The highest BCUT2D eigenvalue weighted by molar-refractivity contribution is 6.25. The minimum absolute atomic E-state index is 0.676. The summed E-state index contributed by atoms with van der Waals surface area (Å²) in [6, 6.07) is 0. The lowest BCUT2D eigenvalue weighted by Crippen LogP contribution is -1.95. The van der Waals surface area contributed by atoms with Gasteiger partial charge in [-0.2, -0.15) is 0 Å². The molecule has 66 valence electrons. The van der Waals surface area contributed by atoms with Crippen molar-refractivity contribution in [3.8, 4) is 11.8 Å². The minimum atomic E-state index is -0.676. The summed E-state index contributed by atoms with van der Waals surface area (Å²) in [7, 11) is 0. The molecule has 0 saturated carbocycles. The molecule has 0 amide bonds. The molecule has 0 aliphatic carbocycles. The molecule has 0 aromatic carbocycles. The van der Waals surface area contributed by atoms with Crippen molar-refractivity contribution in [2.24, 2.45) is 0 Å². The summed E-state index contributed by atoms with van der Waals surface area (Å²) in [6.45, 7) is 2.08. The van der Waals surface area contributed by atoms with Crippen LogP contribution in [-0.2, 0) is 0 Å². The van der Waals surface area contributed by atoms with E-state index in [0.717, 1.165) is 12.8 Å². The molecule has 0 heterocycles. The first kappa shape index (κ1) is 11.3. The maximum Gasteiger partial charge on any atom is 0.133 e. The third kappa shape index (κ3) is 7.40. The van der Waals surface area contributed by atoms with Gasteiger partial charge in [-0.05, 0) is 18.6 Å². The molecule has 0 radical (unpaired) electrons. The molecular formula is C10H13ClO. The molecule has 0 aliphatic heterocycles. The van der Waals surface area contributed by atoms with E-state index in [1.807, 2.05) is 6.08 Å². The summed E-state index contributed by atoms with van der Waals surface area (Å²) >= 11 is 5.23. The number of unbranched alkanes of at least 4 members (excludes halogenated alkanes) is 1. The highest BCUT2D eigenvalue weighted by atomic mass is 35.5. The van der Waals surface area contributed by atoms with Crippen molar-refractivity contribution < 1.29 is 5.11 Å². The van der Waals surface area contributed by atoms with Gasteiger partial charge in [-0.1, -0.05) is 42.9 Å². The van der Waals surface area contributed by atoms with Crippen LogP contribution in [0.25, 0.3) is 0 Å². The molecule has 0 aromatic heterocycles. The molecule has 0 aromatic rings. The van der Waals surface area contributed by atoms with Gasteiger partial charge in [-0.15, -0.1) is 0 Å². The van der Waals surface area contributed by atoms with Gasteiger partial charge in [0.25, 0.3) is 0 Å². The molecule has 1 nitrogen and oxygen atoms in total. The highest BCUT2D eigenvalue weighted by Gasteiger charge is 1.87. The lowest BCUT2D eigenvalue weighted by Gasteiger charge is -1.91. The predicted molar refractivity (Wildman–Crippen MR) is 52.8 cm³/mol. The molecule has 2 heteroatoms. The Labute approximate surface area is 78.7 Å². The summed E-state index contributed by atoms with van der Waals surface area (Å²) in [5, 5.41) is 9.17. The smallest absolute Gasteiger partial charge is 0.133 e. The Kier molecular flexibility index (Phi) is 7.89. The molecule has 1 unspecified atom stereocenters. The molecule has 0 rings (SSSR count). The monoisotopic (exact) mass is 184 g/mol. The molecule has 0 spiro atoms.